The number of pyridine rings is 1. The first-order chi connectivity index (χ1) is 11.3. The smallest absolute Gasteiger partial charge is 0.322 e. The van der Waals surface area contributed by atoms with Crippen molar-refractivity contribution in [3.63, 3.8) is 0 Å². The maximum atomic E-state index is 12.3. The van der Waals surface area contributed by atoms with Gasteiger partial charge in [-0.15, -0.1) is 0 Å². The fourth-order valence-corrected chi connectivity index (χ4v) is 4.86. The van der Waals surface area contributed by atoms with Gasteiger partial charge in [-0.3, -0.25) is 14.7 Å². The van der Waals surface area contributed by atoms with E-state index in [1.54, 1.807) is 19.3 Å². The highest BCUT2D eigenvalue weighted by molar-refractivity contribution is 7.89. The lowest BCUT2D eigenvalue weighted by Gasteiger charge is -2.39. The van der Waals surface area contributed by atoms with Crippen LogP contribution >= 0.6 is 0 Å². The second-order valence-electron chi connectivity index (χ2n) is 6.24. The number of hydrogen-bond acceptors (Lipinski definition) is 5. The average Bonchev–Trinajstić information content (AvgIpc) is 2.55. The molecule has 0 aromatic carbocycles. The van der Waals surface area contributed by atoms with Crippen LogP contribution in [-0.4, -0.2) is 65.1 Å². The van der Waals surface area contributed by atoms with Gasteiger partial charge in [0.1, 0.15) is 6.04 Å². The molecule has 7 nitrogen and oxygen atoms in total. The molecule has 1 aromatic rings. The van der Waals surface area contributed by atoms with E-state index >= 15 is 0 Å². The molecular weight excluding hydrogens is 330 g/mol. The summed E-state index contributed by atoms with van der Waals surface area (Å²) in [7, 11) is -1.57. The number of sulfonamides is 1. The lowest BCUT2D eigenvalue weighted by Crippen LogP contribution is -2.54. The molecule has 0 bridgehead atoms. The van der Waals surface area contributed by atoms with Gasteiger partial charge in [0.25, 0.3) is 0 Å². The molecule has 0 radical (unpaired) electrons. The Kier molecular flexibility index (Phi) is 6.31. The average molecular weight is 355 g/mol. The maximum Gasteiger partial charge on any atom is 0.322 e. The lowest BCUT2D eigenvalue weighted by atomic mass is 9.98. The third-order valence-electron chi connectivity index (χ3n) is 4.41. The number of nitrogens with zero attached hydrogens (tertiary/aromatic N) is 3. The predicted molar refractivity (Wildman–Crippen MR) is 90.9 cm³/mol. The van der Waals surface area contributed by atoms with Crippen molar-refractivity contribution in [3.05, 3.63) is 30.1 Å². The Hall–Kier alpha value is -1.51. The molecule has 1 fully saturated rings. The van der Waals surface area contributed by atoms with E-state index in [1.807, 2.05) is 19.2 Å². The standard InChI is InChI=1S/C16H25N3O4S/c1-3-9-24(22,23)19-8-6-14(10-15(19)16(20)21)18(2)12-13-5-4-7-17-11-13/h4-5,7,11,14-15H,3,6,8-10,12H2,1-2H3,(H,20,21). The number of carbonyl (C=O) groups is 1. The molecule has 1 aromatic heterocycles. The summed E-state index contributed by atoms with van der Waals surface area (Å²) < 4.78 is 25.8. The molecule has 1 aliphatic heterocycles. The van der Waals surface area contributed by atoms with Crippen molar-refractivity contribution in [2.24, 2.45) is 0 Å². The fourth-order valence-electron chi connectivity index (χ4n) is 3.17. The van der Waals surface area contributed by atoms with Crippen molar-refractivity contribution in [1.82, 2.24) is 14.2 Å². The normalized spacial score (nSPS) is 22.6. The molecule has 8 heteroatoms. The van der Waals surface area contributed by atoms with E-state index in [2.05, 4.69) is 9.88 Å². The number of aliphatic carboxylic acids is 1. The molecule has 1 aliphatic rings. The van der Waals surface area contributed by atoms with Crippen molar-refractivity contribution >= 4 is 16.0 Å². The van der Waals surface area contributed by atoms with Crippen molar-refractivity contribution in [2.45, 2.75) is 44.8 Å². The monoisotopic (exact) mass is 355 g/mol. The summed E-state index contributed by atoms with van der Waals surface area (Å²) in [5, 5.41) is 9.49. The van der Waals surface area contributed by atoms with Gasteiger partial charge < -0.3 is 5.11 Å². The zero-order valence-corrected chi connectivity index (χ0v) is 14.9. The van der Waals surface area contributed by atoms with Crippen LogP contribution in [0.4, 0.5) is 0 Å². The zero-order valence-electron chi connectivity index (χ0n) is 14.1. The molecular formula is C16H25N3O4S. The Morgan fingerprint density at radius 1 is 1.50 bits per heavy atom. The summed E-state index contributed by atoms with van der Waals surface area (Å²) in [6.07, 6.45) is 4.90. The minimum absolute atomic E-state index is 0.00697. The Balaban J connectivity index is 2.08. The molecule has 2 heterocycles. The van der Waals surface area contributed by atoms with Gasteiger partial charge in [0.05, 0.1) is 5.75 Å². The quantitative estimate of drug-likeness (QED) is 0.789. The van der Waals surface area contributed by atoms with E-state index in [4.69, 9.17) is 0 Å². The zero-order chi connectivity index (χ0) is 17.7. The second-order valence-corrected chi connectivity index (χ2v) is 8.28. The van der Waals surface area contributed by atoms with Crippen LogP contribution in [0.3, 0.4) is 0 Å². The van der Waals surface area contributed by atoms with Crippen LogP contribution in [0.5, 0.6) is 0 Å². The van der Waals surface area contributed by atoms with Crippen molar-refractivity contribution in [1.29, 1.82) is 0 Å². The highest BCUT2D eigenvalue weighted by Gasteiger charge is 2.40. The van der Waals surface area contributed by atoms with E-state index < -0.39 is 22.0 Å². The molecule has 1 saturated heterocycles. The number of hydrogen-bond donors (Lipinski definition) is 1. The Bertz CT molecular complexity index is 651. The highest BCUT2D eigenvalue weighted by atomic mass is 32.2. The Morgan fingerprint density at radius 3 is 2.83 bits per heavy atom. The third kappa shape index (κ3) is 4.52. The van der Waals surface area contributed by atoms with Crippen LogP contribution in [-0.2, 0) is 21.4 Å². The maximum absolute atomic E-state index is 12.3. The molecule has 134 valence electrons. The van der Waals surface area contributed by atoms with E-state index in [9.17, 15) is 18.3 Å². The summed E-state index contributed by atoms with van der Waals surface area (Å²) in [4.78, 5) is 17.8. The van der Waals surface area contributed by atoms with E-state index in [0.29, 0.717) is 25.8 Å². The number of rotatable bonds is 7. The van der Waals surface area contributed by atoms with Gasteiger partial charge in [0.15, 0.2) is 0 Å². The van der Waals surface area contributed by atoms with Crippen LogP contribution in [0.15, 0.2) is 24.5 Å². The molecule has 0 spiro atoms. The summed E-state index contributed by atoms with van der Waals surface area (Å²) in [6, 6.07) is 2.87. The number of piperidine rings is 1. The van der Waals surface area contributed by atoms with Gasteiger partial charge in [-0.25, -0.2) is 8.42 Å². The van der Waals surface area contributed by atoms with Crippen LogP contribution < -0.4 is 0 Å². The van der Waals surface area contributed by atoms with Crippen molar-refractivity contribution < 1.29 is 18.3 Å². The first kappa shape index (κ1) is 18.8. The van der Waals surface area contributed by atoms with Gasteiger partial charge in [0.2, 0.25) is 10.0 Å². The van der Waals surface area contributed by atoms with Crippen LogP contribution in [0.2, 0.25) is 0 Å². The Morgan fingerprint density at radius 2 is 2.25 bits per heavy atom. The SMILES string of the molecule is CCCS(=O)(=O)N1CCC(N(C)Cc2cccnc2)CC1C(=O)O. The Labute approximate surface area is 143 Å². The lowest BCUT2D eigenvalue weighted by molar-refractivity contribution is -0.143. The summed E-state index contributed by atoms with van der Waals surface area (Å²) >= 11 is 0. The molecule has 0 amide bonds. The van der Waals surface area contributed by atoms with Gasteiger partial charge >= 0.3 is 5.97 Å². The molecule has 2 unspecified atom stereocenters. The van der Waals surface area contributed by atoms with Crippen LogP contribution in [0, 0.1) is 0 Å². The van der Waals surface area contributed by atoms with Crippen molar-refractivity contribution in [3.8, 4) is 0 Å². The summed E-state index contributed by atoms with van der Waals surface area (Å²) in [5.41, 5.74) is 1.05. The first-order valence-electron chi connectivity index (χ1n) is 8.16. The molecule has 0 aliphatic carbocycles. The number of aromatic nitrogens is 1. The van der Waals surface area contributed by atoms with Crippen molar-refractivity contribution in [2.75, 3.05) is 19.3 Å². The molecule has 1 N–H and O–H groups in total. The largest absolute Gasteiger partial charge is 0.480 e. The third-order valence-corrected chi connectivity index (χ3v) is 6.48. The van der Waals surface area contributed by atoms with Crippen LogP contribution in [0.25, 0.3) is 0 Å². The second kappa shape index (κ2) is 8.04. The van der Waals surface area contributed by atoms with Gasteiger partial charge in [0, 0.05) is 31.5 Å². The highest BCUT2D eigenvalue weighted by Crippen LogP contribution is 2.25. The summed E-state index contributed by atoms with van der Waals surface area (Å²) in [5.74, 6) is -1.08. The number of carboxylic acids is 1. The molecule has 2 rings (SSSR count). The predicted octanol–water partition coefficient (Wildman–Crippen LogP) is 1.17. The fraction of sp³-hybridized carbons (Fsp3) is 0.625. The topological polar surface area (TPSA) is 90.8 Å². The van der Waals surface area contributed by atoms with Gasteiger partial charge in [-0.05, 0) is 37.9 Å². The molecule has 0 saturated carbocycles. The van der Waals surface area contributed by atoms with Gasteiger partial charge in [-0.1, -0.05) is 13.0 Å². The first-order valence-corrected chi connectivity index (χ1v) is 9.77. The van der Waals surface area contributed by atoms with E-state index in [-0.39, 0.29) is 18.3 Å². The van der Waals surface area contributed by atoms with E-state index in [1.165, 1.54) is 4.31 Å². The molecule has 2 atom stereocenters. The summed E-state index contributed by atoms with van der Waals surface area (Å²) in [6.45, 7) is 2.69. The minimum Gasteiger partial charge on any atom is -0.480 e. The van der Waals surface area contributed by atoms with E-state index in [0.717, 1.165) is 5.56 Å². The van der Waals surface area contributed by atoms with Gasteiger partial charge in [-0.2, -0.15) is 4.31 Å². The molecule has 24 heavy (non-hydrogen) atoms. The minimum atomic E-state index is -3.51. The van der Waals surface area contributed by atoms with Crippen LogP contribution in [0.1, 0.15) is 31.7 Å². The number of carboxylic acid groups (broad SMARTS) is 1.